The Hall–Kier alpha value is -1.35. The number of aliphatic carboxylic acids is 1. The number of likely N-dealkylation sites (N-methyl/N-ethyl adjacent to an activating group) is 1. The monoisotopic (exact) mass is 458 g/mol. The fraction of sp³-hybridized carbons (Fsp3) is 0.647. The Bertz CT molecular complexity index is 529. The van der Waals surface area contributed by atoms with E-state index in [-0.39, 0.29) is 52.1 Å². The molecule has 0 bridgehead atoms. The normalized spacial score (nSPS) is 16.8. The van der Waals surface area contributed by atoms with Crippen LogP contribution in [0.25, 0.3) is 0 Å². The van der Waals surface area contributed by atoms with Crippen molar-refractivity contribution in [1.82, 2.24) is 15.1 Å². The Labute approximate surface area is 185 Å². The molecule has 0 saturated carbocycles. The zero-order valence-electron chi connectivity index (χ0n) is 16.2. The SMILES string of the molecule is CCC1C(=O)N(CC(=O)NCC(C[C-]=O)CC(=O)O)C(=O)N1C.C[CH-]C.[Y]. The number of carboxylic acid groups (broad SMARTS) is 1. The van der Waals surface area contributed by atoms with Crippen molar-refractivity contribution in [2.24, 2.45) is 5.92 Å². The summed E-state index contributed by atoms with van der Waals surface area (Å²) in [6.45, 7) is 5.30. The van der Waals surface area contributed by atoms with E-state index in [0.717, 1.165) is 4.90 Å². The van der Waals surface area contributed by atoms with Crippen molar-refractivity contribution in [2.75, 3.05) is 20.1 Å². The molecule has 0 aliphatic carbocycles. The van der Waals surface area contributed by atoms with Gasteiger partial charge in [0, 0.05) is 52.7 Å². The number of nitrogens with zero attached hydrogens (tertiary/aromatic N) is 2. The second-order valence-electron chi connectivity index (χ2n) is 5.94. The first-order valence-corrected chi connectivity index (χ1v) is 8.38. The molecule has 0 aromatic rings. The third-order valence-electron chi connectivity index (χ3n) is 3.66. The van der Waals surface area contributed by atoms with E-state index < -0.39 is 42.3 Å². The zero-order valence-corrected chi connectivity index (χ0v) is 19.1. The van der Waals surface area contributed by atoms with Gasteiger partial charge in [-0.05, 0) is 12.3 Å². The van der Waals surface area contributed by atoms with Crippen LogP contribution in [-0.2, 0) is 51.9 Å². The van der Waals surface area contributed by atoms with Crippen LogP contribution in [0.5, 0.6) is 0 Å². The largest absolute Gasteiger partial charge is 0.542 e. The molecule has 1 saturated heterocycles. The minimum Gasteiger partial charge on any atom is -0.542 e. The number of carbonyl (C=O) groups excluding carboxylic acids is 4. The Kier molecular flexibility index (Phi) is 15.2. The van der Waals surface area contributed by atoms with Gasteiger partial charge in [0.05, 0.1) is 0 Å². The van der Waals surface area contributed by atoms with Crippen molar-refractivity contribution < 1.29 is 61.8 Å². The molecule has 1 fully saturated rings. The molecule has 1 radical (unpaired) electrons. The number of amides is 4. The molecule has 1 rings (SSSR count). The van der Waals surface area contributed by atoms with E-state index in [1.807, 2.05) is 20.3 Å². The Morgan fingerprint density at radius 2 is 1.89 bits per heavy atom. The van der Waals surface area contributed by atoms with Gasteiger partial charge in [0.15, 0.2) is 0 Å². The number of carboxylic acids is 1. The molecule has 1 aliphatic rings. The Morgan fingerprint density at radius 3 is 2.30 bits per heavy atom. The molecule has 9 nitrogen and oxygen atoms in total. The first-order valence-electron chi connectivity index (χ1n) is 8.38. The molecular formula is C17H27N3O6Y-2. The van der Waals surface area contributed by atoms with E-state index in [4.69, 9.17) is 5.11 Å². The molecule has 10 heteroatoms. The average molecular weight is 458 g/mol. The second kappa shape index (κ2) is 14.7. The van der Waals surface area contributed by atoms with Crippen molar-refractivity contribution in [2.45, 2.75) is 46.1 Å². The van der Waals surface area contributed by atoms with E-state index in [1.165, 1.54) is 11.9 Å². The predicted octanol–water partition coefficient (Wildman–Crippen LogP) is 0.594. The minimum atomic E-state index is -1.09. The van der Waals surface area contributed by atoms with Crippen LogP contribution < -0.4 is 5.32 Å². The summed E-state index contributed by atoms with van der Waals surface area (Å²) in [6.07, 6.45) is 3.67. The molecule has 1 aliphatic heterocycles. The van der Waals surface area contributed by atoms with Gasteiger partial charge in [0.1, 0.15) is 12.6 Å². The number of hydrogen-bond donors (Lipinski definition) is 2. The molecule has 0 spiro atoms. The third kappa shape index (κ3) is 9.42. The summed E-state index contributed by atoms with van der Waals surface area (Å²) >= 11 is 0. The van der Waals surface area contributed by atoms with E-state index in [2.05, 4.69) is 5.32 Å². The van der Waals surface area contributed by atoms with Crippen molar-refractivity contribution in [3.8, 4) is 0 Å². The maximum atomic E-state index is 12.0. The molecule has 2 N–H and O–H groups in total. The summed E-state index contributed by atoms with van der Waals surface area (Å²) in [5.74, 6) is -2.68. The van der Waals surface area contributed by atoms with Gasteiger partial charge < -0.3 is 26.5 Å². The molecule has 0 aromatic heterocycles. The van der Waals surface area contributed by atoms with Crippen molar-refractivity contribution in [3.63, 3.8) is 0 Å². The topological polar surface area (TPSA) is 124 Å². The maximum Gasteiger partial charge on any atom is 0.327 e. The van der Waals surface area contributed by atoms with Gasteiger partial charge in [-0.1, -0.05) is 6.92 Å². The van der Waals surface area contributed by atoms with Crippen molar-refractivity contribution >= 4 is 30.1 Å². The number of carbonyl (C=O) groups is 4. The number of rotatable bonds is 9. The standard InChI is InChI=1S/C14H20N3O6.C3H7.Y/c1-3-10-13(22)17(14(23)16(10)2)8-11(19)15-7-9(4-5-18)6-12(20)21;1-3-2;/h9-10H,3-4,6-8H2,1-2H3,(H,15,19)(H,20,21);3H,1-2H3;/q2*-1;. The molecule has 2 atom stereocenters. The summed E-state index contributed by atoms with van der Waals surface area (Å²) in [6, 6.07) is -1.11. The molecule has 27 heavy (non-hydrogen) atoms. The summed E-state index contributed by atoms with van der Waals surface area (Å²) in [4.78, 5) is 59.0. The van der Waals surface area contributed by atoms with E-state index >= 15 is 0 Å². The van der Waals surface area contributed by atoms with Gasteiger partial charge >= 0.3 is 12.0 Å². The van der Waals surface area contributed by atoms with Gasteiger partial charge in [-0.15, -0.1) is 6.42 Å². The average Bonchev–Trinajstić information content (AvgIpc) is 2.76. The molecule has 151 valence electrons. The van der Waals surface area contributed by atoms with Crippen LogP contribution in [0.1, 0.15) is 40.0 Å². The maximum absolute atomic E-state index is 12.0. The number of hydrogen-bond acceptors (Lipinski definition) is 5. The second-order valence-corrected chi connectivity index (χ2v) is 5.94. The van der Waals surface area contributed by atoms with E-state index in [1.54, 1.807) is 13.2 Å². The molecule has 1 heterocycles. The number of imide groups is 1. The predicted molar refractivity (Wildman–Crippen MR) is 93.7 cm³/mol. The van der Waals surface area contributed by atoms with E-state index in [0.29, 0.717) is 6.42 Å². The van der Waals surface area contributed by atoms with Crippen LogP contribution in [0.15, 0.2) is 0 Å². The smallest absolute Gasteiger partial charge is 0.327 e. The van der Waals surface area contributed by atoms with Gasteiger partial charge in [-0.3, -0.25) is 25.6 Å². The number of nitrogens with one attached hydrogen (secondary N) is 1. The number of urea groups is 1. The van der Waals surface area contributed by atoms with Gasteiger partial charge in [0.25, 0.3) is 5.91 Å². The fourth-order valence-electron chi connectivity index (χ4n) is 2.40. The summed E-state index contributed by atoms with van der Waals surface area (Å²) in [5.41, 5.74) is 0. The molecule has 4 amide bonds. The van der Waals surface area contributed by atoms with Crippen LogP contribution in [0.4, 0.5) is 4.79 Å². The molecular weight excluding hydrogens is 431 g/mol. The zero-order chi connectivity index (χ0) is 20.3. The summed E-state index contributed by atoms with van der Waals surface area (Å²) in [7, 11) is 1.50. The van der Waals surface area contributed by atoms with Gasteiger partial charge in [-0.2, -0.15) is 13.8 Å². The Balaban J connectivity index is 0. The Morgan fingerprint density at radius 1 is 1.33 bits per heavy atom. The fourth-order valence-corrected chi connectivity index (χ4v) is 2.40. The molecule has 2 unspecified atom stereocenters. The first-order chi connectivity index (χ1) is 12.2. The third-order valence-corrected chi connectivity index (χ3v) is 3.66. The van der Waals surface area contributed by atoms with Crippen LogP contribution >= 0.6 is 0 Å². The summed E-state index contributed by atoms with van der Waals surface area (Å²) in [5, 5.41) is 11.2. The van der Waals surface area contributed by atoms with Crippen LogP contribution in [0, 0.1) is 12.3 Å². The first kappa shape index (κ1) is 27.9. The van der Waals surface area contributed by atoms with Crippen LogP contribution in [0.3, 0.4) is 0 Å². The van der Waals surface area contributed by atoms with Crippen LogP contribution in [-0.4, -0.2) is 71.2 Å². The summed E-state index contributed by atoms with van der Waals surface area (Å²) < 4.78 is 0. The van der Waals surface area contributed by atoms with Crippen molar-refractivity contribution in [3.05, 3.63) is 6.42 Å². The van der Waals surface area contributed by atoms with Crippen molar-refractivity contribution in [1.29, 1.82) is 0 Å². The van der Waals surface area contributed by atoms with Crippen LogP contribution in [0.2, 0.25) is 0 Å². The van der Waals surface area contributed by atoms with Gasteiger partial charge in [-0.25, -0.2) is 4.79 Å². The molecule has 0 aromatic carbocycles. The quantitative estimate of drug-likeness (QED) is 0.385. The minimum absolute atomic E-state index is 0. The van der Waals surface area contributed by atoms with E-state index in [9.17, 15) is 24.0 Å². The van der Waals surface area contributed by atoms with Gasteiger partial charge in [0.2, 0.25) is 5.91 Å².